The van der Waals surface area contributed by atoms with Crippen molar-refractivity contribution in [3.8, 4) is 0 Å². The van der Waals surface area contributed by atoms with Crippen molar-refractivity contribution in [2.45, 2.75) is 56.9 Å². The number of hydrogen-bond acceptors (Lipinski definition) is 5. The lowest BCUT2D eigenvalue weighted by Crippen LogP contribution is -2.26. The van der Waals surface area contributed by atoms with Crippen LogP contribution in [0.15, 0.2) is 28.7 Å². The van der Waals surface area contributed by atoms with Crippen LogP contribution in [0.5, 0.6) is 0 Å². The maximum Gasteiger partial charge on any atom is 0.238 e. The van der Waals surface area contributed by atoms with Gasteiger partial charge < -0.3 is 15.5 Å². The first-order chi connectivity index (χ1) is 12.5. The minimum absolute atomic E-state index is 0.104. The molecule has 1 saturated carbocycles. The number of benzene rings is 1. The summed E-state index contributed by atoms with van der Waals surface area (Å²) in [6.45, 7) is 2.18. The zero-order chi connectivity index (χ0) is 18.6. The van der Waals surface area contributed by atoms with Crippen molar-refractivity contribution in [1.82, 2.24) is 15.5 Å². The number of carbonyl (C=O) groups is 1. The number of nitrogens with one attached hydrogen (secondary N) is 1. The van der Waals surface area contributed by atoms with Crippen molar-refractivity contribution in [3.63, 3.8) is 0 Å². The fourth-order valence-electron chi connectivity index (χ4n) is 3.26. The molecule has 3 N–H and O–H groups in total. The number of nitrogens with zero attached hydrogens (tertiary/aromatic N) is 2. The molecule has 26 heavy (non-hydrogen) atoms. The van der Waals surface area contributed by atoms with Crippen molar-refractivity contribution >= 4 is 17.5 Å². The number of unbranched alkanes of at least 4 members (excludes halogenated alkanes) is 2. The molecular weight excluding hydrogens is 352 g/mol. The van der Waals surface area contributed by atoms with Crippen molar-refractivity contribution in [3.05, 3.63) is 46.6 Å². The Bertz CT molecular complexity index is 740. The number of aromatic nitrogens is 2. The van der Waals surface area contributed by atoms with Crippen LogP contribution in [0.3, 0.4) is 0 Å². The van der Waals surface area contributed by atoms with E-state index in [1.165, 1.54) is 6.92 Å². The van der Waals surface area contributed by atoms with Crippen LogP contribution in [0, 0.1) is 0 Å². The lowest BCUT2D eigenvalue weighted by Gasteiger charge is -2.14. The highest BCUT2D eigenvalue weighted by atomic mass is 35.5. The molecule has 3 rings (SSSR count). The van der Waals surface area contributed by atoms with E-state index in [0.29, 0.717) is 23.3 Å². The Labute approximate surface area is 158 Å². The first-order valence-corrected chi connectivity index (χ1v) is 9.50. The fraction of sp³-hybridized carbons (Fsp3) is 0.526. The van der Waals surface area contributed by atoms with E-state index < -0.39 is 0 Å². The van der Waals surface area contributed by atoms with Crippen molar-refractivity contribution in [2.24, 2.45) is 5.73 Å². The fourth-order valence-corrected chi connectivity index (χ4v) is 3.39. The highest BCUT2D eigenvalue weighted by Gasteiger charge is 2.51. The lowest BCUT2D eigenvalue weighted by atomic mass is 9.96. The first kappa shape index (κ1) is 18.9. The first-order valence-electron chi connectivity index (χ1n) is 9.12. The molecule has 140 valence electrons. The molecule has 1 amide bonds. The van der Waals surface area contributed by atoms with Crippen molar-refractivity contribution in [2.75, 3.05) is 6.54 Å². The van der Waals surface area contributed by atoms with E-state index in [2.05, 4.69) is 15.5 Å². The maximum atomic E-state index is 11.6. The van der Waals surface area contributed by atoms with Crippen LogP contribution >= 0.6 is 11.6 Å². The van der Waals surface area contributed by atoms with Crippen LogP contribution in [0.4, 0.5) is 0 Å². The molecule has 0 spiro atoms. The summed E-state index contributed by atoms with van der Waals surface area (Å²) in [5.41, 5.74) is 6.46. The van der Waals surface area contributed by atoms with Gasteiger partial charge in [-0.2, -0.15) is 0 Å². The van der Waals surface area contributed by atoms with Crippen LogP contribution < -0.4 is 11.1 Å². The van der Waals surface area contributed by atoms with Gasteiger partial charge in [0.05, 0.1) is 5.41 Å². The highest BCUT2D eigenvalue weighted by molar-refractivity contribution is 6.30. The average Bonchev–Trinajstić information content (AvgIpc) is 3.27. The molecule has 0 aliphatic heterocycles. The van der Waals surface area contributed by atoms with Gasteiger partial charge in [-0.05, 0) is 49.9 Å². The Morgan fingerprint density at radius 2 is 2.00 bits per heavy atom. The Morgan fingerprint density at radius 1 is 1.27 bits per heavy atom. The Hall–Kier alpha value is -1.92. The second kappa shape index (κ2) is 8.18. The molecule has 0 unspecified atom stereocenters. The molecule has 1 aromatic heterocycles. The molecule has 2 aromatic rings. The standard InChI is InChI=1S/C19H25ClN4O2/c1-13(25)22-16(5-3-2-4-12-21)17-23-24-18(26-17)19(10-11-19)14-6-8-15(20)9-7-14/h6-9,16H,2-5,10-12,21H2,1H3,(H,22,25)/t16-/m0/s1. The van der Waals surface area contributed by atoms with E-state index in [0.717, 1.165) is 44.1 Å². The summed E-state index contributed by atoms with van der Waals surface area (Å²) in [5.74, 6) is 0.989. The van der Waals surface area contributed by atoms with Gasteiger partial charge in [0.1, 0.15) is 6.04 Å². The summed E-state index contributed by atoms with van der Waals surface area (Å²) >= 11 is 5.99. The Morgan fingerprint density at radius 3 is 2.62 bits per heavy atom. The molecule has 1 aliphatic carbocycles. The number of amides is 1. The van der Waals surface area contributed by atoms with Gasteiger partial charge >= 0.3 is 0 Å². The number of halogens is 1. The molecule has 0 radical (unpaired) electrons. The minimum Gasteiger partial charge on any atom is -0.422 e. The molecule has 1 fully saturated rings. The highest BCUT2D eigenvalue weighted by Crippen LogP contribution is 2.53. The third kappa shape index (κ3) is 4.24. The van der Waals surface area contributed by atoms with Gasteiger partial charge in [0.2, 0.25) is 17.7 Å². The van der Waals surface area contributed by atoms with E-state index in [9.17, 15) is 4.79 Å². The zero-order valence-electron chi connectivity index (χ0n) is 15.0. The van der Waals surface area contributed by atoms with E-state index in [1.54, 1.807) is 0 Å². The summed E-state index contributed by atoms with van der Waals surface area (Å²) in [5, 5.41) is 12.2. The van der Waals surface area contributed by atoms with Gasteiger partial charge in [-0.1, -0.05) is 36.6 Å². The monoisotopic (exact) mass is 376 g/mol. The molecule has 0 saturated heterocycles. The smallest absolute Gasteiger partial charge is 0.238 e. The van der Waals surface area contributed by atoms with E-state index in [1.807, 2.05) is 24.3 Å². The maximum absolute atomic E-state index is 11.6. The SMILES string of the molecule is CC(=O)N[C@@H](CCCCCN)c1nnc(C2(c3ccc(Cl)cc3)CC2)o1. The van der Waals surface area contributed by atoms with Crippen LogP contribution in [0.25, 0.3) is 0 Å². The van der Waals surface area contributed by atoms with Gasteiger partial charge in [-0.15, -0.1) is 10.2 Å². The number of carbonyl (C=O) groups excluding carboxylic acids is 1. The quantitative estimate of drug-likeness (QED) is 0.653. The van der Waals surface area contributed by atoms with E-state index >= 15 is 0 Å². The Balaban J connectivity index is 1.75. The van der Waals surface area contributed by atoms with Crippen molar-refractivity contribution in [1.29, 1.82) is 0 Å². The summed E-state index contributed by atoms with van der Waals surface area (Å²) < 4.78 is 6.02. The molecule has 1 atom stereocenters. The Kier molecular flexibility index (Phi) is 5.94. The second-order valence-corrected chi connectivity index (χ2v) is 7.36. The van der Waals surface area contributed by atoms with E-state index in [4.69, 9.17) is 21.8 Å². The average molecular weight is 377 g/mol. The number of rotatable bonds is 9. The largest absolute Gasteiger partial charge is 0.422 e. The van der Waals surface area contributed by atoms with Gasteiger partial charge in [-0.25, -0.2) is 0 Å². The predicted octanol–water partition coefficient (Wildman–Crippen LogP) is 3.50. The summed E-state index contributed by atoms with van der Waals surface area (Å²) in [6.07, 6.45) is 5.64. The van der Waals surface area contributed by atoms with Gasteiger partial charge in [0.15, 0.2) is 0 Å². The van der Waals surface area contributed by atoms with Gasteiger partial charge in [0, 0.05) is 11.9 Å². The molecule has 7 heteroatoms. The van der Waals surface area contributed by atoms with Gasteiger partial charge in [0.25, 0.3) is 0 Å². The summed E-state index contributed by atoms with van der Waals surface area (Å²) in [6, 6.07) is 7.53. The molecule has 6 nitrogen and oxygen atoms in total. The molecule has 1 aliphatic rings. The topological polar surface area (TPSA) is 94.0 Å². The van der Waals surface area contributed by atoms with Crippen LogP contribution in [-0.2, 0) is 10.2 Å². The van der Waals surface area contributed by atoms with E-state index in [-0.39, 0.29) is 17.4 Å². The van der Waals surface area contributed by atoms with Crippen molar-refractivity contribution < 1.29 is 9.21 Å². The summed E-state index contributed by atoms with van der Waals surface area (Å²) in [7, 11) is 0. The molecule has 1 heterocycles. The third-order valence-electron chi connectivity index (χ3n) is 4.87. The number of nitrogens with two attached hydrogens (primary N) is 1. The molecular formula is C19H25ClN4O2. The van der Waals surface area contributed by atoms with Crippen LogP contribution in [0.2, 0.25) is 5.02 Å². The number of hydrogen-bond donors (Lipinski definition) is 2. The van der Waals surface area contributed by atoms with Crippen LogP contribution in [-0.4, -0.2) is 22.6 Å². The lowest BCUT2D eigenvalue weighted by molar-refractivity contribution is -0.119. The predicted molar refractivity (Wildman–Crippen MR) is 99.8 cm³/mol. The molecule has 0 bridgehead atoms. The van der Waals surface area contributed by atoms with Gasteiger partial charge in [-0.3, -0.25) is 4.79 Å². The van der Waals surface area contributed by atoms with Crippen LogP contribution in [0.1, 0.15) is 68.8 Å². The third-order valence-corrected chi connectivity index (χ3v) is 5.12. The minimum atomic E-state index is -0.257. The second-order valence-electron chi connectivity index (χ2n) is 6.93. The normalized spacial score (nSPS) is 16.3. The molecule has 1 aromatic carbocycles. The zero-order valence-corrected chi connectivity index (χ0v) is 15.8. The summed E-state index contributed by atoms with van der Waals surface area (Å²) in [4.78, 5) is 11.6.